The summed E-state index contributed by atoms with van der Waals surface area (Å²) in [6.45, 7) is 6.76. The number of amides is 2. The van der Waals surface area contributed by atoms with Crippen LogP contribution in [0.15, 0.2) is 12.2 Å². The molecule has 4 N–H and O–H groups in total. The van der Waals surface area contributed by atoms with Gasteiger partial charge in [0.2, 0.25) is 5.91 Å². The Kier molecular flexibility index (Phi) is 5.29. The van der Waals surface area contributed by atoms with Crippen LogP contribution in [-0.4, -0.2) is 22.9 Å². The number of hydrogen-bond donors (Lipinski definition) is 3. The lowest BCUT2D eigenvalue weighted by Gasteiger charge is -2.36. The highest BCUT2D eigenvalue weighted by atomic mass is 32.1. The van der Waals surface area contributed by atoms with Gasteiger partial charge in [0.05, 0.1) is 17.4 Å². The van der Waals surface area contributed by atoms with E-state index < -0.39 is 23.7 Å². The number of carbonyl (C=O) groups is 3. The number of anilines is 1. The average molecular weight is 431 g/mol. The number of aliphatic carboxylic acids is 1. The number of rotatable bonds is 6. The summed E-state index contributed by atoms with van der Waals surface area (Å²) in [6, 6.07) is 0. The molecule has 0 spiro atoms. The normalized spacial score (nSPS) is 29.6. The molecule has 1 heterocycles. The molecule has 5 unspecified atom stereocenters. The van der Waals surface area contributed by atoms with Gasteiger partial charge in [0.25, 0.3) is 5.91 Å². The van der Waals surface area contributed by atoms with Crippen LogP contribution in [0.4, 0.5) is 5.00 Å². The Morgan fingerprint density at radius 1 is 1.23 bits per heavy atom. The zero-order valence-corrected chi connectivity index (χ0v) is 18.6. The number of hydrogen-bond acceptors (Lipinski definition) is 4. The summed E-state index contributed by atoms with van der Waals surface area (Å²) >= 11 is 1.44. The van der Waals surface area contributed by atoms with Crippen molar-refractivity contribution in [2.45, 2.75) is 52.9 Å². The van der Waals surface area contributed by atoms with Crippen molar-refractivity contribution >= 4 is 34.1 Å². The van der Waals surface area contributed by atoms with Gasteiger partial charge in [-0.2, -0.15) is 0 Å². The monoisotopic (exact) mass is 430 g/mol. The minimum atomic E-state index is -0.933. The van der Waals surface area contributed by atoms with Gasteiger partial charge in [0.1, 0.15) is 5.00 Å². The smallest absolute Gasteiger partial charge is 0.307 e. The number of thiophene rings is 1. The van der Waals surface area contributed by atoms with Crippen LogP contribution >= 0.6 is 11.3 Å². The number of carboxylic acids is 1. The van der Waals surface area contributed by atoms with Gasteiger partial charge in [-0.05, 0) is 54.4 Å². The predicted molar refractivity (Wildman–Crippen MR) is 116 cm³/mol. The van der Waals surface area contributed by atoms with E-state index in [2.05, 4.69) is 26.1 Å². The Morgan fingerprint density at radius 3 is 2.50 bits per heavy atom. The van der Waals surface area contributed by atoms with Crippen LogP contribution in [0.5, 0.6) is 0 Å². The maximum atomic E-state index is 13.1. The summed E-state index contributed by atoms with van der Waals surface area (Å²) in [5.41, 5.74) is 7.30. The maximum Gasteiger partial charge on any atom is 0.307 e. The van der Waals surface area contributed by atoms with Crippen molar-refractivity contribution < 1.29 is 19.5 Å². The van der Waals surface area contributed by atoms with Crippen molar-refractivity contribution in [3.8, 4) is 0 Å². The second-order valence-electron chi connectivity index (χ2n) is 9.68. The Labute approximate surface area is 180 Å². The molecule has 5 atom stereocenters. The number of carboxylic acid groups (broad SMARTS) is 1. The third kappa shape index (κ3) is 3.37. The van der Waals surface area contributed by atoms with Crippen molar-refractivity contribution in [3.63, 3.8) is 0 Å². The first-order valence-electron chi connectivity index (χ1n) is 10.8. The van der Waals surface area contributed by atoms with Gasteiger partial charge in [-0.25, -0.2) is 0 Å². The molecule has 2 amide bonds. The van der Waals surface area contributed by atoms with E-state index in [1.54, 1.807) is 0 Å². The molecule has 4 rings (SSSR count). The maximum absolute atomic E-state index is 13.1. The molecule has 162 valence electrons. The van der Waals surface area contributed by atoms with Crippen molar-refractivity contribution in [2.24, 2.45) is 40.7 Å². The standard InChI is InChI=1S/C23H30N2O4S/c1-4-23(2,3)13-7-8-14-15(10-13)30-21(18(14)19(24)26)25-20(27)16-11-5-6-12(9-11)17(16)22(28)29/h5-6,11-13,16-17H,4,7-10H2,1-3H3,(H2,24,26)(H,25,27)(H,28,29). The summed E-state index contributed by atoms with van der Waals surface area (Å²) in [5.74, 6) is -2.72. The summed E-state index contributed by atoms with van der Waals surface area (Å²) < 4.78 is 0. The highest BCUT2D eigenvalue weighted by molar-refractivity contribution is 7.17. The van der Waals surface area contributed by atoms with Crippen LogP contribution in [0, 0.1) is 35.0 Å². The van der Waals surface area contributed by atoms with E-state index in [9.17, 15) is 19.5 Å². The van der Waals surface area contributed by atoms with Gasteiger partial charge in [-0.1, -0.05) is 39.3 Å². The van der Waals surface area contributed by atoms with Crippen LogP contribution in [0.2, 0.25) is 0 Å². The van der Waals surface area contributed by atoms with Crippen LogP contribution in [-0.2, 0) is 22.4 Å². The van der Waals surface area contributed by atoms with Crippen molar-refractivity contribution in [2.75, 3.05) is 5.32 Å². The molecular weight excluding hydrogens is 400 g/mol. The van der Waals surface area contributed by atoms with Gasteiger partial charge >= 0.3 is 5.97 Å². The molecule has 1 saturated carbocycles. The third-order valence-electron chi connectivity index (χ3n) is 7.81. The molecule has 3 aliphatic rings. The summed E-state index contributed by atoms with van der Waals surface area (Å²) in [6.07, 6.45) is 8.32. The second-order valence-corrected chi connectivity index (χ2v) is 10.8. The van der Waals surface area contributed by atoms with E-state index in [1.165, 1.54) is 11.3 Å². The molecule has 2 bridgehead atoms. The second kappa shape index (κ2) is 7.52. The third-order valence-corrected chi connectivity index (χ3v) is 8.98. The Bertz CT molecular complexity index is 932. The number of carbonyl (C=O) groups excluding carboxylic acids is 2. The molecule has 1 aromatic rings. The minimum Gasteiger partial charge on any atom is -0.481 e. The largest absolute Gasteiger partial charge is 0.481 e. The molecule has 3 aliphatic carbocycles. The van der Waals surface area contributed by atoms with Crippen molar-refractivity contribution in [1.29, 1.82) is 0 Å². The quantitative estimate of drug-likeness (QED) is 0.596. The molecule has 0 radical (unpaired) electrons. The molecule has 1 aromatic heterocycles. The molecular formula is C23H30N2O4S. The lowest BCUT2D eigenvalue weighted by atomic mass is 9.69. The first-order valence-corrected chi connectivity index (χ1v) is 11.6. The molecule has 0 aliphatic heterocycles. The summed E-state index contributed by atoms with van der Waals surface area (Å²) in [7, 11) is 0. The highest BCUT2D eigenvalue weighted by Gasteiger charge is 2.52. The van der Waals surface area contributed by atoms with Gasteiger partial charge in [-0.3, -0.25) is 14.4 Å². The number of allylic oxidation sites excluding steroid dienone is 2. The van der Waals surface area contributed by atoms with Crippen LogP contribution < -0.4 is 11.1 Å². The fourth-order valence-corrected chi connectivity index (χ4v) is 6.94. The number of fused-ring (bicyclic) bond motifs is 3. The Hall–Kier alpha value is -2.15. The highest BCUT2D eigenvalue weighted by Crippen LogP contribution is 2.49. The van der Waals surface area contributed by atoms with E-state index in [0.717, 1.165) is 36.1 Å². The Morgan fingerprint density at radius 2 is 1.90 bits per heavy atom. The fourth-order valence-electron chi connectivity index (χ4n) is 5.60. The van der Waals surface area contributed by atoms with Crippen molar-refractivity contribution in [1.82, 2.24) is 0 Å². The average Bonchev–Trinajstić information content (AvgIpc) is 3.39. The first kappa shape index (κ1) is 21.1. The van der Waals surface area contributed by atoms with Crippen molar-refractivity contribution in [3.05, 3.63) is 28.2 Å². The van der Waals surface area contributed by atoms with Gasteiger partial charge in [-0.15, -0.1) is 11.3 Å². The topological polar surface area (TPSA) is 109 Å². The molecule has 7 heteroatoms. The van der Waals surface area contributed by atoms with Crippen LogP contribution in [0.25, 0.3) is 0 Å². The first-order chi connectivity index (χ1) is 14.1. The number of nitrogens with two attached hydrogens (primary N) is 1. The van der Waals surface area contributed by atoms with Crippen LogP contribution in [0.1, 0.15) is 60.8 Å². The molecule has 6 nitrogen and oxygen atoms in total. The molecule has 1 fully saturated rings. The fraction of sp³-hybridized carbons (Fsp3) is 0.609. The summed E-state index contributed by atoms with van der Waals surface area (Å²) in [5, 5.41) is 13.0. The van der Waals surface area contributed by atoms with E-state index in [4.69, 9.17) is 5.73 Å². The van der Waals surface area contributed by atoms with E-state index in [1.807, 2.05) is 12.2 Å². The SMILES string of the molecule is CCC(C)(C)C1CCc2c(sc(NC(=O)C3C4C=CC(C4)C3C(=O)O)c2C(N)=O)C1. The predicted octanol–water partition coefficient (Wildman–Crippen LogP) is 3.85. The number of nitrogens with one attached hydrogen (secondary N) is 1. The lowest BCUT2D eigenvalue weighted by Crippen LogP contribution is -2.36. The van der Waals surface area contributed by atoms with Gasteiger partial charge in [0.15, 0.2) is 0 Å². The van der Waals surface area contributed by atoms with E-state index in [-0.39, 0.29) is 23.2 Å². The zero-order valence-electron chi connectivity index (χ0n) is 17.7. The van der Waals surface area contributed by atoms with Crippen LogP contribution in [0.3, 0.4) is 0 Å². The summed E-state index contributed by atoms with van der Waals surface area (Å²) in [4.78, 5) is 38.3. The minimum absolute atomic E-state index is 0.0579. The molecule has 0 saturated heterocycles. The zero-order chi connectivity index (χ0) is 21.8. The molecule has 30 heavy (non-hydrogen) atoms. The van der Waals surface area contributed by atoms with Gasteiger partial charge in [0, 0.05) is 4.88 Å². The molecule has 0 aromatic carbocycles. The van der Waals surface area contributed by atoms with Gasteiger partial charge < -0.3 is 16.2 Å². The lowest BCUT2D eigenvalue weighted by molar-refractivity contribution is -0.146. The number of primary amides is 1. The Balaban J connectivity index is 1.61. The van der Waals surface area contributed by atoms with E-state index in [0.29, 0.717) is 22.9 Å². The van der Waals surface area contributed by atoms with E-state index >= 15 is 0 Å².